The molecule has 0 bridgehead atoms. The minimum absolute atomic E-state index is 0.0192. The Morgan fingerprint density at radius 2 is 2.00 bits per heavy atom. The van der Waals surface area contributed by atoms with Crippen molar-refractivity contribution in [3.63, 3.8) is 0 Å². The molecule has 0 saturated carbocycles. The predicted octanol–water partition coefficient (Wildman–Crippen LogP) is 0.690. The largest absolute Gasteiger partial charge is 0.468 e. The van der Waals surface area contributed by atoms with Crippen molar-refractivity contribution >= 4 is 51.6 Å². The van der Waals surface area contributed by atoms with Crippen LogP contribution in [0.15, 0.2) is 5.10 Å². The molecule has 17 heavy (non-hydrogen) atoms. The van der Waals surface area contributed by atoms with Gasteiger partial charge in [-0.05, 0) is 0 Å². The van der Waals surface area contributed by atoms with E-state index in [-0.39, 0.29) is 28.2 Å². The van der Waals surface area contributed by atoms with Crippen LogP contribution in [0.5, 0.6) is 0 Å². The lowest BCUT2D eigenvalue weighted by atomic mass is 10.8. The van der Waals surface area contributed by atoms with Crippen LogP contribution in [0.1, 0.15) is 0 Å². The second-order valence-electron chi connectivity index (χ2n) is 2.71. The maximum absolute atomic E-state index is 10.9. The molecule has 9 heteroatoms. The topological polar surface area (TPSA) is 77.0 Å². The number of nitrogens with one attached hydrogen (secondary N) is 1. The lowest BCUT2D eigenvalue weighted by Gasteiger charge is -2.06. The third-order valence-electron chi connectivity index (χ3n) is 1.59. The van der Waals surface area contributed by atoms with Crippen molar-refractivity contribution in [2.45, 2.75) is 4.71 Å². The average Bonchev–Trinajstić information content (AvgIpc) is 2.80. The van der Waals surface area contributed by atoms with Gasteiger partial charge in [0.2, 0.25) is 0 Å². The van der Waals surface area contributed by atoms with E-state index in [2.05, 4.69) is 20.0 Å². The van der Waals surface area contributed by atoms with Crippen molar-refractivity contribution in [1.29, 1.82) is 0 Å². The summed E-state index contributed by atoms with van der Waals surface area (Å²) in [4.78, 5) is 21.8. The van der Waals surface area contributed by atoms with Gasteiger partial charge in [-0.3, -0.25) is 15.0 Å². The predicted molar refractivity (Wildman–Crippen MR) is 70.9 cm³/mol. The van der Waals surface area contributed by atoms with Crippen LogP contribution in [-0.4, -0.2) is 46.7 Å². The number of nitrogens with zero attached hydrogens (tertiary/aromatic N) is 1. The first-order valence-corrected chi connectivity index (χ1v) is 7.45. The first-order chi connectivity index (χ1) is 8.15. The molecule has 1 unspecified atom stereocenters. The Balaban J connectivity index is 2.17. The zero-order chi connectivity index (χ0) is 12.7. The van der Waals surface area contributed by atoms with Gasteiger partial charge >= 0.3 is 11.9 Å². The molecule has 1 heterocycles. The third-order valence-corrected chi connectivity index (χ3v) is 5.07. The number of carbonyl (C=O) groups is 2. The number of hydrogen-bond donors (Lipinski definition) is 1. The number of rotatable bonds is 5. The van der Waals surface area contributed by atoms with Gasteiger partial charge < -0.3 is 9.47 Å². The average molecular weight is 296 g/mol. The minimum Gasteiger partial charge on any atom is -0.468 e. The van der Waals surface area contributed by atoms with E-state index in [1.54, 1.807) is 0 Å². The van der Waals surface area contributed by atoms with E-state index >= 15 is 0 Å². The molecule has 0 saturated heterocycles. The summed E-state index contributed by atoms with van der Waals surface area (Å²) in [5, 5.41) is 4.04. The Morgan fingerprint density at radius 3 is 2.65 bits per heavy atom. The van der Waals surface area contributed by atoms with E-state index in [0.717, 1.165) is 4.38 Å². The van der Waals surface area contributed by atoms with E-state index in [1.807, 2.05) is 0 Å². The van der Waals surface area contributed by atoms with Gasteiger partial charge in [0.25, 0.3) is 0 Å². The van der Waals surface area contributed by atoms with Gasteiger partial charge in [0.15, 0.2) is 4.38 Å². The summed E-state index contributed by atoms with van der Waals surface area (Å²) in [7, 11) is 2.70. The molecular formula is C8H12N2O4S3. The molecule has 1 aliphatic rings. The van der Waals surface area contributed by atoms with Gasteiger partial charge in [0, 0.05) is 0 Å². The molecule has 0 aromatic rings. The molecule has 0 aromatic heterocycles. The SMILES string of the molecule is COC(=O)CSC1=NNC(SCC(=O)OC)S1. The van der Waals surface area contributed by atoms with Gasteiger partial charge in [-0.25, -0.2) is 0 Å². The Hall–Kier alpha value is -0.540. The van der Waals surface area contributed by atoms with Crippen LogP contribution in [0.25, 0.3) is 0 Å². The standard InChI is InChI=1S/C8H12N2O4S3/c1-13-5(11)3-15-7-9-10-8(17-7)16-4-6(12)14-2/h7,9H,3-4H2,1-2H3. The molecule has 96 valence electrons. The summed E-state index contributed by atoms with van der Waals surface area (Å²) < 4.78 is 9.79. The van der Waals surface area contributed by atoms with Crippen LogP contribution >= 0.6 is 35.3 Å². The Morgan fingerprint density at radius 1 is 1.35 bits per heavy atom. The fourth-order valence-corrected chi connectivity index (χ4v) is 3.84. The fourth-order valence-electron chi connectivity index (χ4n) is 0.770. The molecule has 1 aliphatic heterocycles. The molecule has 0 aliphatic carbocycles. The monoisotopic (exact) mass is 296 g/mol. The van der Waals surface area contributed by atoms with E-state index < -0.39 is 0 Å². The second kappa shape index (κ2) is 7.72. The molecular weight excluding hydrogens is 284 g/mol. The van der Waals surface area contributed by atoms with Gasteiger partial charge in [0.1, 0.15) is 4.71 Å². The van der Waals surface area contributed by atoms with E-state index in [9.17, 15) is 9.59 Å². The van der Waals surface area contributed by atoms with E-state index in [0.29, 0.717) is 0 Å². The van der Waals surface area contributed by atoms with E-state index in [1.165, 1.54) is 49.5 Å². The molecule has 6 nitrogen and oxygen atoms in total. The summed E-state index contributed by atoms with van der Waals surface area (Å²) in [6.07, 6.45) is 0. The third kappa shape index (κ3) is 5.55. The quantitative estimate of drug-likeness (QED) is 0.743. The maximum Gasteiger partial charge on any atom is 0.316 e. The highest BCUT2D eigenvalue weighted by Gasteiger charge is 2.21. The van der Waals surface area contributed by atoms with Gasteiger partial charge in [-0.1, -0.05) is 23.5 Å². The Bertz CT molecular complexity index is 324. The Labute approximate surface area is 112 Å². The zero-order valence-corrected chi connectivity index (χ0v) is 11.7. The number of methoxy groups -OCH3 is 2. The van der Waals surface area contributed by atoms with Gasteiger partial charge in [-0.2, -0.15) is 5.10 Å². The number of esters is 2. The van der Waals surface area contributed by atoms with Crippen molar-refractivity contribution in [2.75, 3.05) is 25.7 Å². The molecule has 0 amide bonds. The van der Waals surface area contributed by atoms with Crippen molar-refractivity contribution in [1.82, 2.24) is 5.43 Å². The summed E-state index contributed by atoms with van der Waals surface area (Å²) in [6, 6.07) is 0. The van der Waals surface area contributed by atoms with Crippen molar-refractivity contribution in [3.8, 4) is 0 Å². The zero-order valence-electron chi connectivity index (χ0n) is 9.30. The van der Waals surface area contributed by atoms with Crippen LogP contribution < -0.4 is 5.43 Å². The summed E-state index contributed by atoms with van der Waals surface area (Å²) in [5.41, 5.74) is 2.86. The number of carbonyl (C=O) groups excluding carboxylic acids is 2. The molecule has 1 atom stereocenters. The van der Waals surface area contributed by atoms with Crippen LogP contribution in [0.3, 0.4) is 0 Å². The van der Waals surface area contributed by atoms with Crippen molar-refractivity contribution in [2.24, 2.45) is 5.10 Å². The minimum atomic E-state index is -0.288. The number of hydrogen-bond acceptors (Lipinski definition) is 9. The number of thioether (sulfide) groups is 3. The van der Waals surface area contributed by atoms with Crippen LogP contribution in [0.4, 0.5) is 0 Å². The molecule has 0 spiro atoms. The summed E-state index contributed by atoms with van der Waals surface area (Å²) in [5.74, 6) is -0.0543. The molecule has 0 fully saturated rings. The summed E-state index contributed by atoms with van der Waals surface area (Å²) in [6.45, 7) is 0. The molecule has 0 radical (unpaired) electrons. The highest BCUT2D eigenvalue weighted by molar-refractivity contribution is 8.42. The maximum atomic E-state index is 10.9. The highest BCUT2D eigenvalue weighted by Crippen LogP contribution is 2.31. The van der Waals surface area contributed by atoms with Crippen molar-refractivity contribution < 1.29 is 19.1 Å². The lowest BCUT2D eigenvalue weighted by molar-refractivity contribution is -0.138. The first kappa shape index (κ1) is 14.5. The first-order valence-electron chi connectivity index (χ1n) is 4.53. The second-order valence-corrected chi connectivity index (χ2v) is 6.42. The van der Waals surface area contributed by atoms with Gasteiger partial charge in [-0.15, -0.1) is 11.8 Å². The molecule has 1 rings (SSSR count). The number of hydrazone groups is 1. The fraction of sp³-hybridized carbons (Fsp3) is 0.625. The van der Waals surface area contributed by atoms with Crippen molar-refractivity contribution in [3.05, 3.63) is 0 Å². The van der Waals surface area contributed by atoms with E-state index in [4.69, 9.17) is 0 Å². The van der Waals surface area contributed by atoms with Crippen LogP contribution in [0, 0.1) is 0 Å². The number of ether oxygens (including phenoxy) is 2. The highest BCUT2D eigenvalue weighted by atomic mass is 32.2. The normalized spacial score (nSPS) is 18.2. The summed E-state index contributed by atoms with van der Waals surface area (Å²) >= 11 is 4.17. The molecule has 1 N–H and O–H groups in total. The molecule has 0 aromatic carbocycles. The smallest absolute Gasteiger partial charge is 0.316 e. The van der Waals surface area contributed by atoms with Gasteiger partial charge in [0.05, 0.1) is 25.7 Å². The van der Waals surface area contributed by atoms with Crippen LogP contribution in [-0.2, 0) is 19.1 Å². The van der Waals surface area contributed by atoms with Crippen LogP contribution in [0.2, 0.25) is 0 Å². The Kier molecular flexibility index (Phi) is 6.60. The lowest BCUT2D eigenvalue weighted by Crippen LogP contribution is -2.15.